The number of rotatable bonds is 6. The number of carbonyl (C=O) groups is 1. The van der Waals surface area contributed by atoms with Crippen LogP contribution in [0.25, 0.3) is 0 Å². The molecule has 0 radical (unpaired) electrons. The van der Waals surface area contributed by atoms with Gasteiger partial charge in [0.1, 0.15) is 11.5 Å². The monoisotopic (exact) mass is 368 g/mol. The molecule has 0 fully saturated rings. The van der Waals surface area contributed by atoms with Gasteiger partial charge < -0.3 is 20.0 Å². The smallest absolute Gasteiger partial charge is 0.388 e. The highest BCUT2D eigenvalue weighted by atomic mass is 32.7. The normalized spacial score (nSPS) is 12.8. The van der Waals surface area contributed by atoms with Crippen LogP contribution in [-0.2, 0) is 4.57 Å². The van der Waals surface area contributed by atoms with Crippen molar-refractivity contribution in [2.24, 2.45) is 0 Å². The number of ketones is 1. The van der Waals surface area contributed by atoms with Crippen molar-refractivity contribution in [3.05, 3.63) is 53.6 Å². The third-order valence-electron chi connectivity index (χ3n) is 3.41. The minimum absolute atomic E-state index is 0.0651. The molecule has 0 heterocycles. The number of carbonyl (C=O) groups excluding carboxylic acids is 1. The van der Waals surface area contributed by atoms with E-state index < -0.39 is 6.80 Å². The lowest BCUT2D eigenvalue weighted by atomic mass is 9.93. The van der Waals surface area contributed by atoms with E-state index in [1.165, 1.54) is 24.3 Å². The van der Waals surface area contributed by atoms with Crippen molar-refractivity contribution in [1.82, 2.24) is 0 Å². The van der Waals surface area contributed by atoms with Crippen LogP contribution in [0.3, 0.4) is 0 Å². The van der Waals surface area contributed by atoms with Crippen LogP contribution in [0.1, 0.15) is 35.2 Å². The summed E-state index contributed by atoms with van der Waals surface area (Å²) in [5, 5.41) is 19.1. The van der Waals surface area contributed by atoms with E-state index >= 15 is 0 Å². The van der Waals surface area contributed by atoms with Gasteiger partial charge in [0.05, 0.1) is 0 Å². The summed E-state index contributed by atoms with van der Waals surface area (Å²) in [6.07, 6.45) is 0.0711. The quantitative estimate of drug-likeness (QED) is 0.454. The zero-order chi connectivity index (χ0) is 17.9. The lowest BCUT2D eigenvalue weighted by molar-refractivity contribution is 0.0972. The predicted molar refractivity (Wildman–Crippen MR) is 91.5 cm³/mol. The van der Waals surface area contributed by atoms with E-state index in [1.807, 2.05) is 6.92 Å². The van der Waals surface area contributed by atoms with Gasteiger partial charge >= 0.3 is 6.80 Å². The molecule has 0 saturated carbocycles. The van der Waals surface area contributed by atoms with Crippen LogP contribution in [0.4, 0.5) is 0 Å². The number of aromatic hydroxyl groups is 2. The maximum atomic E-state index is 12.5. The van der Waals surface area contributed by atoms with Gasteiger partial charge in [-0.05, 0) is 53.2 Å². The lowest BCUT2D eigenvalue weighted by Crippen LogP contribution is -2.06. The van der Waals surface area contributed by atoms with Gasteiger partial charge in [-0.3, -0.25) is 4.79 Å². The number of phenolic OH excluding ortho intramolecular Hbond substituents is 2. The van der Waals surface area contributed by atoms with Crippen molar-refractivity contribution in [2.75, 3.05) is 0 Å². The molecule has 8 heteroatoms. The molecular weight excluding hydrogens is 351 g/mol. The first kappa shape index (κ1) is 18.5. The number of phenols is 2. The van der Waals surface area contributed by atoms with Crippen LogP contribution in [0.15, 0.2) is 47.4 Å². The number of hydrogen-bond acceptors (Lipinski definition) is 5. The van der Waals surface area contributed by atoms with E-state index in [0.29, 0.717) is 0 Å². The topological polar surface area (TPSA) is 115 Å². The van der Waals surface area contributed by atoms with Crippen LogP contribution in [0, 0.1) is 0 Å². The molecule has 0 spiro atoms. The molecular formula is C16H17O6PS. The van der Waals surface area contributed by atoms with Gasteiger partial charge in [0.25, 0.3) is 0 Å². The van der Waals surface area contributed by atoms with Crippen molar-refractivity contribution in [1.29, 1.82) is 0 Å². The van der Waals surface area contributed by atoms with E-state index in [4.69, 9.17) is 9.79 Å². The standard InChI is InChI=1S/C16H17O6PS/c1-10(11-3-2-4-12(17)8-11)7-15(19)14-9-13(18)5-6-16(14)24-23(20,21)22/h2-6,8-10,17-18H,7H2,1H3,(H2,20,21,22). The molecule has 0 aromatic heterocycles. The Morgan fingerprint density at radius 3 is 2.42 bits per heavy atom. The van der Waals surface area contributed by atoms with E-state index in [0.717, 1.165) is 5.56 Å². The van der Waals surface area contributed by atoms with Gasteiger partial charge in [-0.1, -0.05) is 19.1 Å². The first-order valence-electron chi connectivity index (χ1n) is 7.06. The molecule has 24 heavy (non-hydrogen) atoms. The summed E-state index contributed by atoms with van der Waals surface area (Å²) in [5.74, 6) is -0.613. The minimum atomic E-state index is -4.42. The largest absolute Gasteiger partial charge is 0.508 e. The van der Waals surface area contributed by atoms with Crippen molar-refractivity contribution in [2.45, 2.75) is 24.2 Å². The number of benzene rings is 2. The molecule has 0 aliphatic carbocycles. The van der Waals surface area contributed by atoms with Gasteiger partial charge in [-0.2, -0.15) is 0 Å². The molecule has 0 amide bonds. The van der Waals surface area contributed by atoms with Crippen molar-refractivity contribution in [3.8, 4) is 11.5 Å². The zero-order valence-electron chi connectivity index (χ0n) is 12.8. The summed E-state index contributed by atoms with van der Waals surface area (Å²) < 4.78 is 11.2. The van der Waals surface area contributed by atoms with E-state index in [1.54, 1.807) is 18.2 Å². The summed E-state index contributed by atoms with van der Waals surface area (Å²) in [7, 11) is 0. The molecule has 1 unspecified atom stereocenters. The molecule has 0 saturated heterocycles. The first-order chi connectivity index (χ1) is 11.2. The van der Waals surface area contributed by atoms with E-state index in [2.05, 4.69) is 0 Å². The Kier molecular flexibility index (Phi) is 5.72. The van der Waals surface area contributed by atoms with Crippen LogP contribution < -0.4 is 0 Å². The Bertz CT molecular complexity index is 801. The Morgan fingerprint density at radius 2 is 1.79 bits per heavy atom. The molecule has 0 aliphatic heterocycles. The Labute approximate surface area is 143 Å². The van der Waals surface area contributed by atoms with Gasteiger partial charge in [0.15, 0.2) is 5.78 Å². The second-order valence-corrected chi connectivity index (χ2v) is 8.96. The van der Waals surface area contributed by atoms with Crippen LogP contribution >= 0.6 is 18.2 Å². The van der Waals surface area contributed by atoms with Gasteiger partial charge in [-0.15, -0.1) is 0 Å². The van der Waals surface area contributed by atoms with Crippen LogP contribution in [-0.4, -0.2) is 25.8 Å². The average Bonchev–Trinajstić information content (AvgIpc) is 2.47. The molecule has 0 bridgehead atoms. The molecule has 2 aromatic rings. The van der Waals surface area contributed by atoms with Gasteiger partial charge in [0, 0.05) is 16.9 Å². The summed E-state index contributed by atoms with van der Waals surface area (Å²) in [6, 6.07) is 10.3. The van der Waals surface area contributed by atoms with E-state index in [-0.39, 0.29) is 51.5 Å². The average molecular weight is 368 g/mol. The highest BCUT2D eigenvalue weighted by molar-refractivity contribution is 8.54. The summed E-state index contributed by atoms with van der Waals surface area (Å²) >= 11 is 0.284. The fraction of sp³-hybridized carbons (Fsp3) is 0.188. The maximum absolute atomic E-state index is 12.5. The van der Waals surface area contributed by atoms with Crippen molar-refractivity contribution < 1.29 is 29.4 Å². The zero-order valence-corrected chi connectivity index (χ0v) is 14.5. The fourth-order valence-electron chi connectivity index (χ4n) is 2.28. The first-order valence-corrected chi connectivity index (χ1v) is 10.1. The van der Waals surface area contributed by atoms with Crippen LogP contribution in [0.5, 0.6) is 11.5 Å². The summed E-state index contributed by atoms with van der Waals surface area (Å²) in [5.41, 5.74) is 0.836. The molecule has 0 aliphatic rings. The summed E-state index contributed by atoms with van der Waals surface area (Å²) in [4.78, 5) is 30.9. The van der Waals surface area contributed by atoms with Gasteiger partial charge in [-0.25, -0.2) is 4.57 Å². The highest BCUT2D eigenvalue weighted by Gasteiger charge is 2.23. The SMILES string of the molecule is CC(CC(=O)c1cc(O)ccc1SP(=O)(O)O)c1cccc(O)c1. The molecule has 4 N–H and O–H groups in total. The van der Waals surface area contributed by atoms with Crippen LogP contribution in [0.2, 0.25) is 0 Å². The molecule has 2 rings (SSSR count). The van der Waals surface area contributed by atoms with E-state index in [9.17, 15) is 19.6 Å². The van der Waals surface area contributed by atoms with Gasteiger partial charge in [0.2, 0.25) is 0 Å². The fourth-order valence-corrected chi connectivity index (χ4v) is 4.18. The molecule has 6 nitrogen and oxygen atoms in total. The molecule has 1 atom stereocenters. The minimum Gasteiger partial charge on any atom is -0.508 e. The third kappa shape index (κ3) is 5.11. The summed E-state index contributed by atoms with van der Waals surface area (Å²) in [6.45, 7) is -2.61. The molecule has 2 aromatic carbocycles. The Hall–Kier alpha value is -1.79. The maximum Gasteiger partial charge on any atom is 0.388 e. The number of Topliss-reactive ketones (excluding diaryl/α,β-unsaturated/α-hetero) is 1. The van der Waals surface area contributed by atoms with Crippen molar-refractivity contribution in [3.63, 3.8) is 0 Å². The third-order valence-corrected chi connectivity index (χ3v) is 5.51. The second-order valence-electron chi connectivity index (χ2n) is 5.39. The van der Waals surface area contributed by atoms with Crippen molar-refractivity contribution >= 4 is 24.0 Å². The number of hydrogen-bond donors (Lipinski definition) is 4. The Balaban J connectivity index is 2.25. The molecule has 128 valence electrons. The Morgan fingerprint density at radius 1 is 1.12 bits per heavy atom. The highest BCUT2D eigenvalue weighted by Crippen LogP contribution is 2.55. The second kappa shape index (κ2) is 7.40. The lowest BCUT2D eigenvalue weighted by Gasteiger charge is -2.14. The predicted octanol–water partition coefficient (Wildman–Crippen LogP) is 3.66.